The van der Waals surface area contributed by atoms with Crippen LogP contribution < -0.4 is 5.32 Å². The number of aliphatic hydroxyl groups is 1. The Hall–Kier alpha value is -2.15. The number of ether oxygens (including phenoxy) is 1. The van der Waals surface area contributed by atoms with Gasteiger partial charge in [0.2, 0.25) is 0 Å². The average Bonchev–Trinajstić information content (AvgIpc) is 2.79. The summed E-state index contributed by atoms with van der Waals surface area (Å²) in [6.45, 7) is 7.44. The van der Waals surface area contributed by atoms with Crippen molar-refractivity contribution in [3.05, 3.63) is 29.6 Å². The van der Waals surface area contributed by atoms with Crippen molar-refractivity contribution in [2.24, 2.45) is 0 Å². The molecule has 7 heteroatoms. The molecule has 1 fully saturated rings. The van der Waals surface area contributed by atoms with Crippen LogP contribution in [0.4, 0.5) is 4.79 Å². The number of amides is 2. The van der Waals surface area contributed by atoms with Crippen LogP contribution in [-0.2, 0) is 4.74 Å². The average molecular weight is 321 g/mol. The minimum absolute atomic E-state index is 0.326. The van der Waals surface area contributed by atoms with Gasteiger partial charge in [-0.05, 0) is 46.2 Å². The van der Waals surface area contributed by atoms with Gasteiger partial charge in [0.25, 0.3) is 5.91 Å². The van der Waals surface area contributed by atoms with Gasteiger partial charge in [0.1, 0.15) is 5.60 Å². The van der Waals surface area contributed by atoms with Gasteiger partial charge >= 0.3 is 6.09 Å². The number of hydrogen-bond donors (Lipinski definition) is 2. The maximum Gasteiger partial charge on any atom is 0.412 e. The van der Waals surface area contributed by atoms with E-state index < -0.39 is 24.0 Å². The van der Waals surface area contributed by atoms with Crippen LogP contribution in [0.2, 0.25) is 0 Å². The molecule has 2 atom stereocenters. The van der Waals surface area contributed by atoms with E-state index in [9.17, 15) is 14.7 Å². The molecule has 23 heavy (non-hydrogen) atoms. The summed E-state index contributed by atoms with van der Waals surface area (Å²) in [7, 11) is 0. The number of aliphatic hydroxyl groups excluding tert-OH is 1. The number of nitrogens with one attached hydrogen (secondary N) is 1. The highest BCUT2D eigenvalue weighted by atomic mass is 16.6. The lowest BCUT2D eigenvalue weighted by atomic mass is 10.2. The minimum atomic E-state index is -1.10. The fourth-order valence-electron chi connectivity index (χ4n) is 2.30. The van der Waals surface area contributed by atoms with E-state index in [1.165, 1.54) is 11.1 Å². The summed E-state index contributed by atoms with van der Waals surface area (Å²) in [6, 6.07) is 2.88. The molecule has 1 aliphatic rings. The third kappa shape index (κ3) is 4.41. The van der Waals surface area contributed by atoms with Gasteiger partial charge in [-0.25, -0.2) is 4.79 Å². The Bertz CT molecular complexity index is 580. The molecule has 0 saturated carbocycles. The molecule has 0 aromatic carbocycles. The first-order valence-electron chi connectivity index (χ1n) is 7.58. The highest BCUT2D eigenvalue weighted by Gasteiger charge is 2.38. The first-order chi connectivity index (χ1) is 10.7. The molecule has 1 aromatic rings. The van der Waals surface area contributed by atoms with Gasteiger partial charge in [0.05, 0.1) is 11.6 Å². The van der Waals surface area contributed by atoms with Gasteiger partial charge in [0.15, 0.2) is 6.23 Å². The van der Waals surface area contributed by atoms with Crippen LogP contribution in [0, 0.1) is 6.92 Å². The van der Waals surface area contributed by atoms with Crippen LogP contribution >= 0.6 is 0 Å². The quantitative estimate of drug-likeness (QED) is 0.860. The third-order valence-electron chi connectivity index (χ3n) is 3.48. The number of aryl methyl sites for hydroxylation is 1. The Morgan fingerprint density at radius 1 is 1.39 bits per heavy atom. The highest BCUT2D eigenvalue weighted by Crippen LogP contribution is 2.20. The summed E-state index contributed by atoms with van der Waals surface area (Å²) < 4.78 is 5.25. The largest absolute Gasteiger partial charge is 0.444 e. The predicted molar refractivity (Wildman–Crippen MR) is 83.8 cm³/mol. The molecule has 2 unspecified atom stereocenters. The molecule has 2 heterocycles. The summed E-state index contributed by atoms with van der Waals surface area (Å²) >= 11 is 0. The molecule has 0 bridgehead atoms. The number of carbonyl (C=O) groups excluding carboxylic acids is 2. The van der Waals surface area contributed by atoms with E-state index in [1.54, 1.807) is 32.9 Å². The molecule has 2 amide bonds. The fourth-order valence-corrected chi connectivity index (χ4v) is 2.30. The number of pyridine rings is 1. The van der Waals surface area contributed by atoms with Crippen molar-refractivity contribution in [3.63, 3.8) is 0 Å². The van der Waals surface area contributed by atoms with Gasteiger partial charge in [-0.15, -0.1) is 0 Å². The number of aromatic nitrogens is 1. The lowest BCUT2D eigenvalue weighted by Crippen LogP contribution is -2.47. The van der Waals surface area contributed by atoms with Crippen molar-refractivity contribution in [1.29, 1.82) is 0 Å². The topological polar surface area (TPSA) is 91.8 Å². The summed E-state index contributed by atoms with van der Waals surface area (Å²) in [5.41, 5.74) is 0.600. The number of hydrogen-bond acceptors (Lipinski definition) is 5. The van der Waals surface area contributed by atoms with Crippen molar-refractivity contribution >= 4 is 12.0 Å². The second-order valence-corrected chi connectivity index (χ2v) is 6.64. The number of likely N-dealkylation sites (tertiary alicyclic amines) is 1. The van der Waals surface area contributed by atoms with E-state index >= 15 is 0 Å². The van der Waals surface area contributed by atoms with Crippen molar-refractivity contribution < 1.29 is 19.4 Å². The first kappa shape index (κ1) is 17.2. The molecule has 7 nitrogen and oxygen atoms in total. The van der Waals surface area contributed by atoms with Crippen LogP contribution in [0.1, 0.15) is 43.2 Å². The molecule has 2 N–H and O–H groups in total. The van der Waals surface area contributed by atoms with Crippen LogP contribution in [0.3, 0.4) is 0 Å². The van der Waals surface area contributed by atoms with Gasteiger partial charge in [-0.1, -0.05) is 0 Å². The van der Waals surface area contributed by atoms with E-state index in [0.717, 1.165) is 5.69 Å². The zero-order chi connectivity index (χ0) is 17.2. The Morgan fingerprint density at radius 2 is 2.09 bits per heavy atom. The normalized spacial score (nSPS) is 21.2. The summed E-state index contributed by atoms with van der Waals surface area (Å²) in [5, 5.41) is 13.0. The molecule has 126 valence electrons. The second kappa shape index (κ2) is 6.54. The van der Waals surface area contributed by atoms with E-state index in [1.807, 2.05) is 6.92 Å². The Kier molecular flexibility index (Phi) is 4.89. The zero-order valence-electron chi connectivity index (χ0n) is 13.9. The van der Waals surface area contributed by atoms with Gasteiger partial charge in [0, 0.05) is 18.4 Å². The lowest BCUT2D eigenvalue weighted by molar-refractivity contribution is -0.0194. The monoisotopic (exact) mass is 321 g/mol. The Balaban J connectivity index is 1.96. The molecule has 1 aromatic heterocycles. The zero-order valence-corrected chi connectivity index (χ0v) is 13.9. The Labute approximate surface area is 135 Å². The van der Waals surface area contributed by atoms with E-state index in [0.29, 0.717) is 18.5 Å². The maximum atomic E-state index is 12.2. The van der Waals surface area contributed by atoms with Gasteiger partial charge < -0.3 is 15.2 Å². The van der Waals surface area contributed by atoms with E-state index in [-0.39, 0.29) is 5.91 Å². The molecule has 1 aliphatic heterocycles. The second-order valence-electron chi connectivity index (χ2n) is 6.64. The van der Waals surface area contributed by atoms with Crippen LogP contribution in [0.5, 0.6) is 0 Å². The van der Waals surface area contributed by atoms with Crippen molar-refractivity contribution in [2.45, 2.75) is 52.0 Å². The van der Waals surface area contributed by atoms with E-state index in [4.69, 9.17) is 4.74 Å². The molecule has 0 aliphatic carbocycles. The summed E-state index contributed by atoms with van der Waals surface area (Å²) in [5.74, 6) is -0.326. The maximum absolute atomic E-state index is 12.2. The van der Waals surface area contributed by atoms with E-state index in [2.05, 4.69) is 10.3 Å². The molecule has 1 saturated heterocycles. The predicted octanol–water partition coefficient (Wildman–Crippen LogP) is 1.45. The van der Waals surface area contributed by atoms with Crippen LogP contribution in [0.15, 0.2) is 18.3 Å². The molecular formula is C16H23N3O4. The Morgan fingerprint density at radius 3 is 2.65 bits per heavy atom. The molecule has 0 spiro atoms. The number of nitrogens with zero attached hydrogens (tertiary/aromatic N) is 2. The molecule has 2 rings (SSSR count). The SMILES string of the molecule is Cc1ccc(C(=O)NC2CCN(C(=O)OC(C)(C)C)C2O)cn1. The highest BCUT2D eigenvalue weighted by molar-refractivity contribution is 5.94. The third-order valence-corrected chi connectivity index (χ3v) is 3.48. The van der Waals surface area contributed by atoms with Crippen LogP contribution in [-0.4, -0.2) is 51.4 Å². The van der Waals surface area contributed by atoms with Crippen molar-refractivity contribution in [1.82, 2.24) is 15.2 Å². The van der Waals surface area contributed by atoms with Gasteiger partial charge in [-0.2, -0.15) is 0 Å². The standard InChI is InChI=1S/C16H23N3O4/c1-10-5-6-11(9-17-10)13(20)18-12-7-8-19(14(12)21)15(22)23-16(2,3)4/h5-6,9,12,14,21H,7-8H2,1-4H3,(H,18,20). The van der Waals surface area contributed by atoms with Gasteiger partial charge in [-0.3, -0.25) is 14.7 Å². The summed E-state index contributed by atoms with van der Waals surface area (Å²) in [6.07, 6.45) is 0.259. The number of carbonyl (C=O) groups is 2. The smallest absolute Gasteiger partial charge is 0.412 e. The fraction of sp³-hybridized carbons (Fsp3) is 0.562. The van der Waals surface area contributed by atoms with Crippen molar-refractivity contribution in [3.8, 4) is 0 Å². The molecule has 0 radical (unpaired) electrons. The van der Waals surface area contributed by atoms with Crippen LogP contribution in [0.25, 0.3) is 0 Å². The summed E-state index contributed by atoms with van der Waals surface area (Å²) in [4.78, 5) is 29.5. The van der Waals surface area contributed by atoms with Crippen molar-refractivity contribution in [2.75, 3.05) is 6.54 Å². The molecular weight excluding hydrogens is 298 g/mol. The first-order valence-corrected chi connectivity index (χ1v) is 7.58. The minimum Gasteiger partial charge on any atom is -0.444 e. The number of rotatable bonds is 2. The lowest BCUT2D eigenvalue weighted by Gasteiger charge is -2.27.